The Morgan fingerprint density at radius 3 is 2.64 bits per heavy atom. The van der Waals surface area contributed by atoms with Crippen molar-refractivity contribution in [1.29, 1.82) is 0 Å². The van der Waals surface area contributed by atoms with E-state index in [4.69, 9.17) is 4.42 Å². The van der Waals surface area contributed by atoms with E-state index >= 15 is 0 Å². The predicted octanol–water partition coefficient (Wildman–Crippen LogP) is 5.25. The first kappa shape index (κ1) is 13.4. The Labute approximate surface area is 129 Å². The van der Waals surface area contributed by atoms with Crippen molar-refractivity contribution in [1.82, 2.24) is 4.98 Å². The first-order valence-electron chi connectivity index (χ1n) is 8.00. The van der Waals surface area contributed by atoms with Gasteiger partial charge in [-0.05, 0) is 48.6 Å². The summed E-state index contributed by atoms with van der Waals surface area (Å²) in [4.78, 5) is 4.57. The number of aromatic hydroxyl groups is 1. The fourth-order valence-corrected chi connectivity index (χ4v) is 3.40. The summed E-state index contributed by atoms with van der Waals surface area (Å²) in [5.74, 6) is 1.33. The van der Waals surface area contributed by atoms with Crippen LogP contribution in [0.5, 0.6) is 5.75 Å². The zero-order valence-corrected chi connectivity index (χ0v) is 12.5. The standard InChI is InChI=1S/C19H19NO2/c21-17-9-5-4-8-15(17)19-20-16-12-14(10-11-18(16)22-19)13-6-2-1-3-7-13/h4-5,8-13,21H,1-3,6-7H2. The molecule has 0 amide bonds. The van der Waals surface area contributed by atoms with E-state index in [0.717, 1.165) is 11.1 Å². The normalized spacial score (nSPS) is 16.2. The Bertz CT molecular complexity index is 800. The van der Waals surface area contributed by atoms with Gasteiger partial charge in [0.05, 0.1) is 5.56 Å². The molecule has 22 heavy (non-hydrogen) atoms. The molecule has 1 heterocycles. The van der Waals surface area contributed by atoms with Crippen molar-refractivity contribution >= 4 is 11.1 Å². The minimum Gasteiger partial charge on any atom is -0.507 e. The fraction of sp³-hybridized carbons (Fsp3) is 0.316. The molecule has 0 atom stereocenters. The Balaban J connectivity index is 1.73. The second-order valence-corrected chi connectivity index (χ2v) is 6.10. The number of phenolic OH excluding ortho intramolecular Hbond substituents is 1. The van der Waals surface area contributed by atoms with Crippen LogP contribution in [0, 0.1) is 0 Å². The third-order valence-corrected chi connectivity index (χ3v) is 4.62. The van der Waals surface area contributed by atoms with E-state index in [1.807, 2.05) is 18.2 Å². The van der Waals surface area contributed by atoms with E-state index in [1.54, 1.807) is 12.1 Å². The molecule has 4 rings (SSSR count). The zero-order valence-electron chi connectivity index (χ0n) is 12.5. The molecule has 1 fully saturated rings. The van der Waals surface area contributed by atoms with Crippen LogP contribution >= 0.6 is 0 Å². The second kappa shape index (κ2) is 5.48. The van der Waals surface area contributed by atoms with E-state index in [-0.39, 0.29) is 5.75 Å². The van der Waals surface area contributed by atoms with Crippen LogP contribution in [0.3, 0.4) is 0 Å². The van der Waals surface area contributed by atoms with Gasteiger partial charge in [0.25, 0.3) is 0 Å². The summed E-state index contributed by atoms with van der Waals surface area (Å²) >= 11 is 0. The van der Waals surface area contributed by atoms with E-state index in [9.17, 15) is 5.11 Å². The monoisotopic (exact) mass is 293 g/mol. The maximum atomic E-state index is 9.95. The quantitative estimate of drug-likeness (QED) is 0.702. The maximum Gasteiger partial charge on any atom is 0.231 e. The SMILES string of the molecule is Oc1ccccc1-c1nc2cc(C3CCCCC3)ccc2o1. The Hall–Kier alpha value is -2.29. The average molecular weight is 293 g/mol. The van der Waals surface area contributed by atoms with Crippen molar-refractivity contribution in [2.45, 2.75) is 38.0 Å². The molecule has 0 unspecified atom stereocenters. The van der Waals surface area contributed by atoms with E-state index in [0.29, 0.717) is 17.4 Å². The third-order valence-electron chi connectivity index (χ3n) is 4.62. The van der Waals surface area contributed by atoms with Crippen LogP contribution in [-0.2, 0) is 0 Å². The Morgan fingerprint density at radius 1 is 1.00 bits per heavy atom. The van der Waals surface area contributed by atoms with Gasteiger partial charge in [-0.1, -0.05) is 37.5 Å². The lowest BCUT2D eigenvalue weighted by atomic mass is 9.84. The number of para-hydroxylation sites is 1. The van der Waals surface area contributed by atoms with E-state index < -0.39 is 0 Å². The number of aromatic nitrogens is 1. The van der Waals surface area contributed by atoms with Gasteiger partial charge in [0.2, 0.25) is 5.89 Å². The molecular formula is C19H19NO2. The van der Waals surface area contributed by atoms with Crippen LogP contribution in [0.15, 0.2) is 46.9 Å². The number of oxazole rings is 1. The minimum absolute atomic E-state index is 0.196. The lowest BCUT2D eigenvalue weighted by Crippen LogP contribution is -2.04. The highest BCUT2D eigenvalue weighted by atomic mass is 16.3. The van der Waals surface area contributed by atoms with Gasteiger partial charge in [0.1, 0.15) is 11.3 Å². The molecule has 1 N–H and O–H groups in total. The summed E-state index contributed by atoms with van der Waals surface area (Å²) in [7, 11) is 0. The lowest BCUT2D eigenvalue weighted by molar-refractivity contribution is 0.444. The molecule has 0 radical (unpaired) electrons. The molecule has 112 valence electrons. The molecule has 3 aromatic rings. The number of hydrogen-bond acceptors (Lipinski definition) is 3. The highest BCUT2D eigenvalue weighted by Crippen LogP contribution is 2.35. The minimum atomic E-state index is 0.196. The van der Waals surface area contributed by atoms with Crippen LogP contribution in [0.1, 0.15) is 43.6 Å². The van der Waals surface area contributed by atoms with Gasteiger partial charge < -0.3 is 9.52 Å². The van der Waals surface area contributed by atoms with Crippen molar-refractivity contribution in [3.63, 3.8) is 0 Å². The first-order chi connectivity index (χ1) is 10.8. The number of rotatable bonds is 2. The molecule has 1 saturated carbocycles. The summed E-state index contributed by atoms with van der Waals surface area (Å²) in [6.45, 7) is 0. The van der Waals surface area contributed by atoms with Gasteiger partial charge in [0, 0.05) is 0 Å². The maximum absolute atomic E-state index is 9.95. The molecule has 1 aliphatic rings. The average Bonchev–Trinajstić information content (AvgIpc) is 2.99. The number of nitrogens with zero attached hydrogens (tertiary/aromatic N) is 1. The molecule has 0 saturated heterocycles. The van der Waals surface area contributed by atoms with Crippen LogP contribution in [0.2, 0.25) is 0 Å². The van der Waals surface area contributed by atoms with Gasteiger partial charge in [-0.15, -0.1) is 0 Å². The molecule has 1 aliphatic carbocycles. The molecule has 3 heteroatoms. The van der Waals surface area contributed by atoms with E-state index in [1.165, 1.54) is 37.7 Å². The van der Waals surface area contributed by atoms with Crippen LogP contribution < -0.4 is 0 Å². The third kappa shape index (κ3) is 2.37. The zero-order chi connectivity index (χ0) is 14.9. The summed E-state index contributed by atoms with van der Waals surface area (Å²) in [5.41, 5.74) is 3.65. The Morgan fingerprint density at radius 2 is 1.82 bits per heavy atom. The summed E-state index contributed by atoms with van der Waals surface area (Å²) in [6.07, 6.45) is 6.56. The highest BCUT2D eigenvalue weighted by Gasteiger charge is 2.17. The molecule has 2 aromatic carbocycles. The molecule has 1 aromatic heterocycles. The van der Waals surface area contributed by atoms with Gasteiger partial charge in [-0.25, -0.2) is 4.98 Å². The van der Waals surface area contributed by atoms with Crippen LogP contribution in [0.25, 0.3) is 22.6 Å². The van der Waals surface area contributed by atoms with Crippen LogP contribution in [0.4, 0.5) is 0 Å². The Kier molecular flexibility index (Phi) is 3.34. The van der Waals surface area contributed by atoms with Crippen LogP contribution in [-0.4, -0.2) is 10.1 Å². The number of fused-ring (bicyclic) bond motifs is 1. The molecular weight excluding hydrogens is 274 g/mol. The largest absolute Gasteiger partial charge is 0.507 e. The first-order valence-corrected chi connectivity index (χ1v) is 8.00. The topological polar surface area (TPSA) is 46.3 Å². The summed E-state index contributed by atoms with van der Waals surface area (Å²) in [5, 5.41) is 9.95. The van der Waals surface area contributed by atoms with E-state index in [2.05, 4.69) is 17.1 Å². The van der Waals surface area contributed by atoms with Crippen molar-refractivity contribution in [2.24, 2.45) is 0 Å². The van der Waals surface area contributed by atoms with Gasteiger partial charge in [0.15, 0.2) is 5.58 Å². The summed E-state index contributed by atoms with van der Waals surface area (Å²) in [6, 6.07) is 13.5. The van der Waals surface area contributed by atoms with Crippen molar-refractivity contribution in [2.75, 3.05) is 0 Å². The number of benzene rings is 2. The number of phenols is 1. The molecule has 0 aliphatic heterocycles. The molecule has 0 bridgehead atoms. The summed E-state index contributed by atoms with van der Waals surface area (Å²) < 4.78 is 5.81. The molecule has 3 nitrogen and oxygen atoms in total. The second-order valence-electron chi connectivity index (χ2n) is 6.10. The molecule has 0 spiro atoms. The van der Waals surface area contributed by atoms with Gasteiger partial charge in [-0.3, -0.25) is 0 Å². The van der Waals surface area contributed by atoms with Crippen molar-refractivity contribution < 1.29 is 9.52 Å². The number of hydrogen-bond donors (Lipinski definition) is 1. The van der Waals surface area contributed by atoms with Gasteiger partial charge in [-0.2, -0.15) is 0 Å². The van der Waals surface area contributed by atoms with Crippen molar-refractivity contribution in [3.05, 3.63) is 48.0 Å². The lowest BCUT2D eigenvalue weighted by Gasteiger charge is -2.21. The highest BCUT2D eigenvalue weighted by molar-refractivity contribution is 5.78. The fourth-order valence-electron chi connectivity index (χ4n) is 3.40. The smallest absolute Gasteiger partial charge is 0.231 e. The van der Waals surface area contributed by atoms with Gasteiger partial charge >= 0.3 is 0 Å². The predicted molar refractivity (Wildman–Crippen MR) is 86.9 cm³/mol. The van der Waals surface area contributed by atoms with Crippen molar-refractivity contribution in [3.8, 4) is 17.2 Å².